The molecule has 0 heterocycles. The van der Waals surface area contributed by atoms with Crippen LogP contribution in [0.3, 0.4) is 0 Å². The van der Waals surface area contributed by atoms with E-state index in [9.17, 15) is 0 Å². The summed E-state index contributed by atoms with van der Waals surface area (Å²) in [6.45, 7) is 0. The lowest BCUT2D eigenvalue weighted by Crippen LogP contribution is -1.87. The van der Waals surface area contributed by atoms with E-state index in [2.05, 4.69) is 28.1 Å². The average Bonchev–Trinajstić information content (AvgIpc) is 2.39. The lowest BCUT2D eigenvalue weighted by atomic mass is 10.0. The lowest BCUT2D eigenvalue weighted by Gasteiger charge is -2.04. The molecule has 0 fully saturated rings. The van der Waals surface area contributed by atoms with Crippen LogP contribution in [0, 0.1) is 0 Å². The van der Waals surface area contributed by atoms with Gasteiger partial charge in [0.05, 0.1) is 0 Å². The number of rotatable bonds is 10. The summed E-state index contributed by atoms with van der Waals surface area (Å²) in [5.41, 5.74) is 1.30. The Morgan fingerprint density at radius 3 is 1.94 bits per heavy atom. The van der Waals surface area contributed by atoms with Crippen molar-refractivity contribution in [2.45, 2.75) is 57.8 Å². The zero-order chi connectivity index (χ0) is 13.1. The van der Waals surface area contributed by atoms with Gasteiger partial charge < -0.3 is 0 Å². The third-order valence-corrected chi connectivity index (χ3v) is 4.22. The van der Waals surface area contributed by atoms with Gasteiger partial charge in [0, 0.05) is 10.4 Å². The molecule has 0 unspecified atom stereocenters. The van der Waals surface area contributed by atoms with Gasteiger partial charge in [-0.15, -0.1) is 0 Å². The second-order valence-corrected chi connectivity index (χ2v) is 6.06. The van der Waals surface area contributed by atoms with Crippen LogP contribution in [-0.2, 0) is 6.42 Å². The number of hydrogen-bond donors (Lipinski definition) is 0. The van der Waals surface area contributed by atoms with Crippen molar-refractivity contribution >= 4 is 27.5 Å². The normalized spacial score (nSPS) is 10.8. The Morgan fingerprint density at radius 1 is 0.778 bits per heavy atom. The SMILES string of the molecule is Clc1ccccc1CCCCCCCCCCBr. The summed E-state index contributed by atoms with van der Waals surface area (Å²) in [5.74, 6) is 0. The highest BCUT2D eigenvalue weighted by Gasteiger charge is 1.98. The molecule has 0 aliphatic carbocycles. The van der Waals surface area contributed by atoms with Gasteiger partial charge in [-0.1, -0.05) is 84.3 Å². The molecule has 1 aromatic rings. The first kappa shape index (κ1) is 16.0. The van der Waals surface area contributed by atoms with E-state index < -0.39 is 0 Å². The number of halogens is 2. The van der Waals surface area contributed by atoms with Gasteiger partial charge in [0.1, 0.15) is 0 Å². The first-order valence-corrected chi connectivity index (χ1v) is 8.64. The summed E-state index contributed by atoms with van der Waals surface area (Å²) in [6, 6.07) is 8.20. The average molecular weight is 332 g/mol. The molecule has 0 bridgehead atoms. The van der Waals surface area contributed by atoms with Crippen LogP contribution in [0.5, 0.6) is 0 Å². The predicted molar refractivity (Wildman–Crippen MR) is 85.9 cm³/mol. The number of benzene rings is 1. The molecule has 0 aliphatic rings. The van der Waals surface area contributed by atoms with Gasteiger partial charge in [0.2, 0.25) is 0 Å². The van der Waals surface area contributed by atoms with Crippen LogP contribution in [0.15, 0.2) is 24.3 Å². The first-order chi connectivity index (χ1) is 8.84. The monoisotopic (exact) mass is 330 g/mol. The van der Waals surface area contributed by atoms with Crippen molar-refractivity contribution in [2.24, 2.45) is 0 Å². The fourth-order valence-corrected chi connectivity index (χ4v) is 2.80. The number of hydrogen-bond acceptors (Lipinski definition) is 0. The molecular weight excluding hydrogens is 308 g/mol. The third-order valence-electron chi connectivity index (χ3n) is 3.29. The molecule has 0 saturated heterocycles. The van der Waals surface area contributed by atoms with E-state index in [0.29, 0.717) is 0 Å². The zero-order valence-corrected chi connectivity index (χ0v) is 13.5. The van der Waals surface area contributed by atoms with E-state index in [0.717, 1.165) is 16.8 Å². The molecule has 0 aliphatic heterocycles. The predicted octanol–water partition coefficient (Wildman–Crippen LogP) is 6.40. The largest absolute Gasteiger partial charge is 0.0928 e. The highest BCUT2D eigenvalue weighted by Crippen LogP contribution is 2.18. The standard InChI is InChI=1S/C16H24BrCl/c17-14-10-6-4-2-1-3-5-7-11-15-12-8-9-13-16(15)18/h8-9,12-13H,1-7,10-11,14H2. The molecule has 1 aromatic carbocycles. The molecule has 0 aromatic heterocycles. The lowest BCUT2D eigenvalue weighted by molar-refractivity contribution is 0.577. The van der Waals surface area contributed by atoms with Crippen molar-refractivity contribution in [1.29, 1.82) is 0 Å². The van der Waals surface area contributed by atoms with Gasteiger partial charge in [0.15, 0.2) is 0 Å². The van der Waals surface area contributed by atoms with Crippen LogP contribution in [0.2, 0.25) is 5.02 Å². The van der Waals surface area contributed by atoms with Crippen LogP contribution >= 0.6 is 27.5 Å². The van der Waals surface area contributed by atoms with Gasteiger partial charge >= 0.3 is 0 Å². The summed E-state index contributed by atoms with van der Waals surface area (Å²) >= 11 is 9.60. The number of aryl methyl sites for hydroxylation is 1. The third kappa shape index (κ3) is 7.43. The molecule has 18 heavy (non-hydrogen) atoms. The summed E-state index contributed by atoms with van der Waals surface area (Å²) in [7, 11) is 0. The van der Waals surface area contributed by atoms with Crippen molar-refractivity contribution < 1.29 is 0 Å². The Morgan fingerprint density at radius 2 is 1.33 bits per heavy atom. The molecule has 102 valence electrons. The maximum atomic E-state index is 6.13. The quantitative estimate of drug-likeness (QED) is 0.344. The second kappa shape index (κ2) is 10.9. The summed E-state index contributed by atoms with van der Waals surface area (Å²) in [5, 5.41) is 2.08. The molecule has 0 atom stereocenters. The molecule has 0 radical (unpaired) electrons. The minimum absolute atomic E-state index is 0.923. The Labute approximate surface area is 125 Å². The molecule has 0 saturated carbocycles. The van der Waals surface area contributed by atoms with E-state index in [-0.39, 0.29) is 0 Å². The smallest absolute Gasteiger partial charge is 0.0437 e. The number of alkyl halides is 1. The molecular formula is C16H24BrCl. The first-order valence-electron chi connectivity index (χ1n) is 7.14. The van der Waals surface area contributed by atoms with Crippen molar-refractivity contribution in [1.82, 2.24) is 0 Å². The topological polar surface area (TPSA) is 0 Å². The van der Waals surface area contributed by atoms with Gasteiger partial charge in [-0.05, 0) is 30.9 Å². The Bertz CT molecular complexity index is 312. The van der Waals surface area contributed by atoms with Gasteiger partial charge in [-0.3, -0.25) is 0 Å². The number of unbranched alkanes of at least 4 members (excludes halogenated alkanes) is 7. The highest BCUT2D eigenvalue weighted by molar-refractivity contribution is 9.09. The van der Waals surface area contributed by atoms with Crippen LogP contribution in [0.1, 0.15) is 56.9 Å². The zero-order valence-electron chi connectivity index (χ0n) is 11.1. The molecule has 2 heteroatoms. The van der Waals surface area contributed by atoms with Crippen LogP contribution in [0.4, 0.5) is 0 Å². The highest BCUT2D eigenvalue weighted by atomic mass is 79.9. The Hall–Kier alpha value is -0.0100. The van der Waals surface area contributed by atoms with Crippen molar-refractivity contribution in [2.75, 3.05) is 5.33 Å². The van der Waals surface area contributed by atoms with Crippen LogP contribution in [-0.4, -0.2) is 5.33 Å². The van der Waals surface area contributed by atoms with Crippen molar-refractivity contribution in [3.05, 3.63) is 34.9 Å². The van der Waals surface area contributed by atoms with E-state index in [1.165, 1.54) is 56.9 Å². The van der Waals surface area contributed by atoms with E-state index in [1.54, 1.807) is 0 Å². The van der Waals surface area contributed by atoms with Crippen molar-refractivity contribution in [3.63, 3.8) is 0 Å². The van der Waals surface area contributed by atoms with E-state index >= 15 is 0 Å². The summed E-state index contributed by atoms with van der Waals surface area (Å²) in [6.07, 6.45) is 12.0. The Balaban J connectivity index is 1.94. The maximum absolute atomic E-state index is 6.13. The fraction of sp³-hybridized carbons (Fsp3) is 0.625. The minimum atomic E-state index is 0.923. The minimum Gasteiger partial charge on any atom is -0.0928 e. The second-order valence-electron chi connectivity index (χ2n) is 4.86. The molecule has 1 rings (SSSR count). The summed E-state index contributed by atoms with van der Waals surface area (Å²) in [4.78, 5) is 0. The van der Waals surface area contributed by atoms with E-state index in [1.807, 2.05) is 12.1 Å². The van der Waals surface area contributed by atoms with Gasteiger partial charge in [0.25, 0.3) is 0 Å². The maximum Gasteiger partial charge on any atom is 0.0437 e. The molecule has 0 amide bonds. The van der Waals surface area contributed by atoms with E-state index in [4.69, 9.17) is 11.6 Å². The molecule has 0 nitrogen and oxygen atoms in total. The van der Waals surface area contributed by atoms with Crippen LogP contribution in [0.25, 0.3) is 0 Å². The Kier molecular flexibility index (Phi) is 9.69. The molecule has 0 N–H and O–H groups in total. The van der Waals surface area contributed by atoms with Gasteiger partial charge in [-0.25, -0.2) is 0 Å². The van der Waals surface area contributed by atoms with Crippen LogP contribution < -0.4 is 0 Å². The summed E-state index contributed by atoms with van der Waals surface area (Å²) < 4.78 is 0. The fourth-order valence-electron chi connectivity index (χ4n) is 2.17. The molecule has 0 spiro atoms. The van der Waals surface area contributed by atoms with Gasteiger partial charge in [-0.2, -0.15) is 0 Å². The van der Waals surface area contributed by atoms with Crippen molar-refractivity contribution in [3.8, 4) is 0 Å².